The molecule has 0 saturated heterocycles. The summed E-state index contributed by atoms with van der Waals surface area (Å²) in [5.41, 5.74) is 2.21. The van der Waals surface area contributed by atoms with Crippen LogP contribution in [0.1, 0.15) is 61.5 Å². The van der Waals surface area contributed by atoms with Crippen LogP contribution >= 0.6 is 0 Å². The van der Waals surface area contributed by atoms with Crippen molar-refractivity contribution in [3.8, 4) is 11.1 Å². The highest BCUT2D eigenvalue weighted by Crippen LogP contribution is 2.33. The third kappa shape index (κ3) is 7.07. The minimum atomic E-state index is -3.70. The number of ether oxygens (including phenoxy) is 2. The number of sulfone groups is 1. The van der Waals surface area contributed by atoms with Gasteiger partial charge in [0, 0.05) is 12.0 Å². The van der Waals surface area contributed by atoms with Crippen molar-refractivity contribution in [1.29, 1.82) is 0 Å². The van der Waals surface area contributed by atoms with Gasteiger partial charge in [-0.1, -0.05) is 30.3 Å². The first-order valence-corrected chi connectivity index (χ1v) is 13.4. The van der Waals surface area contributed by atoms with E-state index in [2.05, 4.69) is 0 Å². The van der Waals surface area contributed by atoms with Crippen LogP contribution in [-0.2, 0) is 36.3 Å². The Bertz CT molecular complexity index is 1290. The molecule has 0 aliphatic heterocycles. The Hall–Kier alpha value is -3.39. The first-order valence-electron chi connectivity index (χ1n) is 11.8. The highest BCUT2D eigenvalue weighted by atomic mass is 32.2. The zero-order valence-corrected chi connectivity index (χ0v) is 21.9. The van der Waals surface area contributed by atoms with E-state index in [4.69, 9.17) is 13.9 Å². The van der Waals surface area contributed by atoms with E-state index >= 15 is 0 Å². The van der Waals surface area contributed by atoms with Gasteiger partial charge in [0.25, 0.3) is 0 Å². The van der Waals surface area contributed by atoms with Crippen molar-refractivity contribution in [3.63, 3.8) is 0 Å². The van der Waals surface area contributed by atoms with E-state index in [1.54, 1.807) is 42.7 Å². The lowest BCUT2D eigenvalue weighted by molar-refractivity contribution is -0.154. The molecule has 0 aliphatic rings. The van der Waals surface area contributed by atoms with Crippen molar-refractivity contribution in [1.82, 2.24) is 0 Å². The zero-order chi connectivity index (χ0) is 26.3. The molecule has 7 nitrogen and oxygen atoms in total. The number of carbonyl (C=O) groups is 2. The third-order valence-electron chi connectivity index (χ3n) is 5.55. The molecule has 0 N–H and O–H groups in total. The number of hydrogen-bond acceptors (Lipinski definition) is 7. The van der Waals surface area contributed by atoms with Crippen LogP contribution in [0.3, 0.4) is 0 Å². The fraction of sp³-hybridized carbons (Fsp3) is 0.357. The molecule has 0 bridgehead atoms. The number of unbranched alkanes of at least 4 members (excludes halogenated alkanes) is 1. The molecule has 0 aliphatic carbocycles. The number of benzene rings is 2. The van der Waals surface area contributed by atoms with Crippen molar-refractivity contribution < 1.29 is 31.9 Å². The predicted molar refractivity (Wildman–Crippen MR) is 136 cm³/mol. The molecule has 2 aromatic carbocycles. The highest BCUT2D eigenvalue weighted by Gasteiger charge is 2.25. The van der Waals surface area contributed by atoms with Crippen molar-refractivity contribution >= 4 is 21.8 Å². The summed E-state index contributed by atoms with van der Waals surface area (Å²) in [6.45, 7) is 5.46. The van der Waals surface area contributed by atoms with Gasteiger partial charge in [-0.2, -0.15) is 0 Å². The predicted octanol–water partition coefficient (Wildman–Crippen LogP) is 5.76. The van der Waals surface area contributed by atoms with Crippen LogP contribution in [0.5, 0.6) is 0 Å². The van der Waals surface area contributed by atoms with Gasteiger partial charge in [0.05, 0.1) is 35.8 Å². The summed E-state index contributed by atoms with van der Waals surface area (Å²) in [5.74, 6) is -1.24. The average molecular weight is 513 g/mol. The second-order valence-electron chi connectivity index (χ2n) is 9.50. The van der Waals surface area contributed by atoms with Crippen molar-refractivity contribution in [2.24, 2.45) is 0 Å². The first-order chi connectivity index (χ1) is 17.0. The van der Waals surface area contributed by atoms with Gasteiger partial charge in [0.2, 0.25) is 0 Å². The lowest BCUT2D eigenvalue weighted by atomic mass is 9.90. The van der Waals surface area contributed by atoms with Gasteiger partial charge in [0.15, 0.2) is 9.84 Å². The van der Waals surface area contributed by atoms with Crippen LogP contribution in [0.4, 0.5) is 0 Å². The van der Waals surface area contributed by atoms with E-state index in [-0.39, 0.29) is 28.6 Å². The van der Waals surface area contributed by atoms with E-state index in [0.29, 0.717) is 30.4 Å². The van der Waals surface area contributed by atoms with Crippen LogP contribution < -0.4 is 0 Å². The summed E-state index contributed by atoms with van der Waals surface area (Å²) in [5, 5.41) is 0. The number of methoxy groups -OCH3 is 1. The monoisotopic (exact) mass is 512 g/mol. The summed E-state index contributed by atoms with van der Waals surface area (Å²) < 4.78 is 41.9. The number of esters is 2. The summed E-state index contributed by atoms with van der Waals surface area (Å²) >= 11 is 0. The highest BCUT2D eigenvalue weighted by molar-refractivity contribution is 7.90. The fourth-order valence-corrected chi connectivity index (χ4v) is 5.39. The molecule has 1 heterocycles. The molecule has 0 unspecified atom stereocenters. The van der Waals surface area contributed by atoms with Gasteiger partial charge >= 0.3 is 11.9 Å². The maximum atomic E-state index is 13.1. The van der Waals surface area contributed by atoms with Crippen LogP contribution in [-0.4, -0.2) is 33.1 Å². The molecule has 192 valence electrons. The molecule has 3 rings (SSSR count). The Morgan fingerprint density at radius 2 is 1.69 bits per heavy atom. The number of carbonyl (C=O) groups excluding carboxylic acids is 2. The lowest BCUT2D eigenvalue weighted by Gasteiger charge is -2.20. The number of furan rings is 1. The van der Waals surface area contributed by atoms with Crippen molar-refractivity contribution in [3.05, 3.63) is 77.7 Å². The molecule has 0 radical (unpaired) electrons. The minimum Gasteiger partial charge on any atom is -0.472 e. The van der Waals surface area contributed by atoms with E-state index in [1.807, 2.05) is 20.8 Å². The van der Waals surface area contributed by atoms with Crippen molar-refractivity contribution in [2.75, 3.05) is 7.11 Å². The van der Waals surface area contributed by atoms with E-state index in [1.165, 1.54) is 25.5 Å². The van der Waals surface area contributed by atoms with Crippen LogP contribution in [0.25, 0.3) is 11.1 Å². The largest absolute Gasteiger partial charge is 0.472 e. The summed E-state index contributed by atoms with van der Waals surface area (Å²) in [6.07, 6.45) is 4.92. The maximum Gasteiger partial charge on any atom is 0.338 e. The summed E-state index contributed by atoms with van der Waals surface area (Å²) in [7, 11) is -2.43. The molecule has 0 fully saturated rings. The number of hydrogen-bond donors (Lipinski definition) is 0. The molecule has 0 atom stereocenters. The third-order valence-corrected chi connectivity index (χ3v) is 7.23. The Balaban J connectivity index is 1.96. The second kappa shape index (κ2) is 11.6. The Labute approximate surface area is 212 Å². The quantitative estimate of drug-likeness (QED) is 0.251. The maximum absolute atomic E-state index is 13.1. The van der Waals surface area contributed by atoms with Gasteiger partial charge in [-0.05, 0) is 74.9 Å². The SMILES string of the molecule is COC(=O)c1c(CS(=O)(=O)c2ccccc2)ccc(-c2ccoc2)c1CCCCC(=O)OC(C)(C)C. The Morgan fingerprint density at radius 3 is 2.31 bits per heavy atom. The molecule has 0 saturated carbocycles. The van der Waals surface area contributed by atoms with Crippen LogP contribution in [0, 0.1) is 0 Å². The topological polar surface area (TPSA) is 99.9 Å². The molecule has 0 amide bonds. The standard InChI is InChI=1S/C28H32O7S/c1-28(2,3)35-25(29)13-9-8-12-24-23(20-16-17-34-18-20)15-14-21(26(24)27(30)33-4)19-36(31,32)22-10-6-5-7-11-22/h5-7,10-11,14-18H,8-9,12-13,19H2,1-4H3. The zero-order valence-electron chi connectivity index (χ0n) is 21.1. The molecule has 36 heavy (non-hydrogen) atoms. The Kier molecular flexibility index (Phi) is 8.74. The first kappa shape index (κ1) is 27.2. The van der Waals surface area contributed by atoms with Gasteiger partial charge in [-0.25, -0.2) is 13.2 Å². The van der Waals surface area contributed by atoms with Crippen LogP contribution in [0.15, 0.2) is 70.4 Å². The van der Waals surface area contributed by atoms with E-state index < -0.39 is 21.4 Å². The van der Waals surface area contributed by atoms with Gasteiger partial charge in [0.1, 0.15) is 5.60 Å². The minimum absolute atomic E-state index is 0.179. The van der Waals surface area contributed by atoms with Gasteiger partial charge in [-0.3, -0.25) is 4.79 Å². The normalized spacial score (nSPS) is 11.8. The molecule has 1 aromatic heterocycles. The van der Waals surface area contributed by atoms with E-state index in [9.17, 15) is 18.0 Å². The summed E-state index contributed by atoms with van der Waals surface area (Å²) in [4.78, 5) is 25.3. The van der Waals surface area contributed by atoms with Crippen LogP contribution in [0.2, 0.25) is 0 Å². The molecule has 0 spiro atoms. The molecule has 3 aromatic rings. The number of rotatable bonds is 10. The molecular weight excluding hydrogens is 480 g/mol. The smallest absolute Gasteiger partial charge is 0.338 e. The van der Waals surface area contributed by atoms with Gasteiger partial charge in [-0.15, -0.1) is 0 Å². The summed E-state index contributed by atoms with van der Waals surface area (Å²) in [6, 6.07) is 13.4. The van der Waals surface area contributed by atoms with Gasteiger partial charge < -0.3 is 13.9 Å². The molecule has 8 heteroatoms. The van der Waals surface area contributed by atoms with Crippen molar-refractivity contribution in [2.45, 2.75) is 62.7 Å². The van der Waals surface area contributed by atoms with E-state index in [0.717, 1.165) is 11.1 Å². The molecular formula is C28H32O7S. The second-order valence-corrected chi connectivity index (χ2v) is 11.5. The lowest BCUT2D eigenvalue weighted by Crippen LogP contribution is -2.23. The Morgan fingerprint density at radius 1 is 0.972 bits per heavy atom. The average Bonchev–Trinajstić information content (AvgIpc) is 3.35. The fourth-order valence-electron chi connectivity index (χ4n) is 4.00.